The first-order valence-corrected chi connectivity index (χ1v) is 8.49. The van der Waals surface area contributed by atoms with Crippen molar-refractivity contribution in [2.45, 2.75) is 44.6 Å². The summed E-state index contributed by atoms with van der Waals surface area (Å²) in [4.78, 5) is 0. The lowest BCUT2D eigenvalue weighted by Crippen LogP contribution is -2.25. The Bertz CT molecular complexity index is 459. The van der Waals surface area contributed by atoms with E-state index in [2.05, 4.69) is 23.5 Å². The van der Waals surface area contributed by atoms with Crippen LogP contribution in [0.4, 0.5) is 0 Å². The molecule has 2 unspecified atom stereocenters. The Balaban J connectivity index is 1.60. The number of ether oxygens (including phenoxy) is 1. The summed E-state index contributed by atoms with van der Waals surface area (Å²) in [5.74, 6) is 1.43. The molecular weight excluding hydrogens is 274 g/mol. The van der Waals surface area contributed by atoms with Gasteiger partial charge in [0.1, 0.15) is 5.75 Å². The van der Waals surface area contributed by atoms with E-state index in [0.717, 1.165) is 43.7 Å². The van der Waals surface area contributed by atoms with E-state index in [0.29, 0.717) is 5.92 Å². The highest BCUT2D eigenvalue weighted by Crippen LogP contribution is 2.27. The molecule has 0 bridgehead atoms. The average molecular weight is 303 g/mol. The third kappa shape index (κ3) is 5.47. The van der Waals surface area contributed by atoms with Gasteiger partial charge in [0.05, 0.1) is 13.2 Å². The number of hydrogen-bond acceptors (Lipinski definition) is 3. The fourth-order valence-electron chi connectivity index (χ4n) is 3.19. The van der Waals surface area contributed by atoms with Gasteiger partial charge in [0.2, 0.25) is 0 Å². The van der Waals surface area contributed by atoms with E-state index in [9.17, 15) is 5.11 Å². The van der Waals surface area contributed by atoms with E-state index < -0.39 is 0 Å². The first-order valence-electron chi connectivity index (χ1n) is 8.49. The van der Waals surface area contributed by atoms with Gasteiger partial charge in [-0.2, -0.15) is 0 Å². The van der Waals surface area contributed by atoms with E-state index in [1.165, 1.54) is 19.3 Å². The number of aliphatic hydroxyl groups excluding tert-OH is 1. The molecular formula is C19H29NO2. The van der Waals surface area contributed by atoms with Crippen LogP contribution >= 0.6 is 0 Å². The number of hydrogen-bond donors (Lipinski definition) is 2. The summed E-state index contributed by atoms with van der Waals surface area (Å²) in [7, 11) is 1.70. The molecule has 22 heavy (non-hydrogen) atoms. The Morgan fingerprint density at radius 1 is 1.27 bits per heavy atom. The molecule has 0 aromatic heterocycles. The number of methoxy groups -OCH3 is 1. The minimum atomic E-state index is -0.0563. The molecule has 122 valence electrons. The first kappa shape index (κ1) is 17.0. The van der Waals surface area contributed by atoms with Crippen LogP contribution in [-0.4, -0.2) is 31.4 Å². The van der Waals surface area contributed by atoms with Crippen LogP contribution in [0.1, 0.15) is 44.1 Å². The van der Waals surface area contributed by atoms with Gasteiger partial charge in [0.25, 0.3) is 0 Å². The van der Waals surface area contributed by atoms with Crippen molar-refractivity contribution in [3.63, 3.8) is 0 Å². The maximum absolute atomic E-state index is 9.94. The molecule has 1 aromatic carbocycles. The zero-order valence-corrected chi connectivity index (χ0v) is 13.6. The third-order valence-corrected chi connectivity index (χ3v) is 4.50. The molecule has 1 aliphatic rings. The maximum atomic E-state index is 9.94. The van der Waals surface area contributed by atoms with Crippen molar-refractivity contribution < 1.29 is 9.84 Å². The van der Waals surface area contributed by atoms with Gasteiger partial charge in [0.15, 0.2) is 0 Å². The van der Waals surface area contributed by atoms with Gasteiger partial charge in [-0.15, -0.1) is 0 Å². The van der Waals surface area contributed by atoms with Gasteiger partial charge in [-0.05, 0) is 44.2 Å². The Morgan fingerprint density at radius 3 is 2.91 bits per heavy atom. The van der Waals surface area contributed by atoms with Gasteiger partial charge in [0, 0.05) is 12.1 Å². The molecule has 2 rings (SSSR count). The van der Waals surface area contributed by atoms with E-state index in [-0.39, 0.29) is 6.10 Å². The smallest absolute Gasteiger partial charge is 0.126 e. The lowest BCUT2D eigenvalue weighted by Gasteiger charge is -2.27. The summed E-state index contributed by atoms with van der Waals surface area (Å²) in [5.41, 5.74) is 1.11. The molecule has 0 aliphatic heterocycles. The second kappa shape index (κ2) is 9.65. The molecule has 0 amide bonds. The molecule has 0 spiro atoms. The topological polar surface area (TPSA) is 41.5 Å². The Kier molecular flexibility index (Phi) is 7.47. The number of benzene rings is 1. The zero-order chi connectivity index (χ0) is 15.6. The van der Waals surface area contributed by atoms with Crippen LogP contribution in [0.3, 0.4) is 0 Å². The van der Waals surface area contributed by atoms with E-state index in [1.54, 1.807) is 7.11 Å². The minimum absolute atomic E-state index is 0.0563. The van der Waals surface area contributed by atoms with Crippen LogP contribution in [0.2, 0.25) is 0 Å². The normalized spacial score (nSPS) is 22.1. The van der Waals surface area contributed by atoms with E-state index in [4.69, 9.17) is 4.74 Å². The predicted molar refractivity (Wildman–Crippen MR) is 92.1 cm³/mol. The molecule has 0 heterocycles. The molecule has 1 fully saturated rings. The summed E-state index contributed by atoms with van der Waals surface area (Å²) in [6, 6.07) is 8.03. The number of rotatable bonds is 8. The highest BCUT2D eigenvalue weighted by atomic mass is 16.5. The van der Waals surface area contributed by atoms with Crippen molar-refractivity contribution in [2.24, 2.45) is 5.92 Å². The first-order chi connectivity index (χ1) is 10.8. The van der Waals surface area contributed by atoms with Gasteiger partial charge in [-0.3, -0.25) is 0 Å². The number of aliphatic hydroxyl groups is 1. The largest absolute Gasteiger partial charge is 0.496 e. The standard InChI is InChI=1S/C19H29NO2/c1-22-19-13-5-3-9-17(19)11-7-15-20-14-6-10-16-8-2-4-12-18(16)21/h3,5,7,9,11,13,16,18,20-21H,2,4,6,8,10,12,14-15H2,1H3/b11-7+. The van der Waals surface area contributed by atoms with Crippen molar-refractivity contribution in [1.29, 1.82) is 0 Å². The lowest BCUT2D eigenvalue weighted by molar-refractivity contribution is 0.0643. The van der Waals surface area contributed by atoms with E-state index in [1.807, 2.05) is 18.2 Å². The van der Waals surface area contributed by atoms with Gasteiger partial charge < -0.3 is 15.2 Å². The fourth-order valence-corrected chi connectivity index (χ4v) is 3.19. The summed E-state index contributed by atoms with van der Waals surface area (Å²) in [5, 5.41) is 13.4. The fraction of sp³-hybridized carbons (Fsp3) is 0.579. The molecule has 3 nitrogen and oxygen atoms in total. The van der Waals surface area contributed by atoms with Crippen molar-refractivity contribution >= 4 is 6.08 Å². The molecule has 0 radical (unpaired) electrons. The SMILES string of the molecule is COc1ccccc1/C=C/CNCCCC1CCCCC1O. The van der Waals surface area contributed by atoms with E-state index >= 15 is 0 Å². The van der Waals surface area contributed by atoms with Crippen LogP contribution in [0.25, 0.3) is 6.08 Å². The molecule has 2 N–H and O–H groups in total. The minimum Gasteiger partial charge on any atom is -0.496 e. The molecule has 1 saturated carbocycles. The van der Waals surface area contributed by atoms with Crippen molar-refractivity contribution in [2.75, 3.05) is 20.2 Å². The molecule has 1 aliphatic carbocycles. The number of nitrogens with one attached hydrogen (secondary N) is 1. The monoisotopic (exact) mass is 303 g/mol. The summed E-state index contributed by atoms with van der Waals surface area (Å²) in [6.45, 7) is 1.88. The van der Waals surface area contributed by atoms with Crippen LogP contribution in [0.15, 0.2) is 30.3 Å². The van der Waals surface area contributed by atoms with Crippen molar-refractivity contribution in [3.05, 3.63) is 35.9 Å². The van der Waals surface area contributed by atoms with Gasteiger partial charge in [-0.1, -0.05) is 43.2 Å². The molecule has 2 atom stereocenters. The van der Waals surface area contributed by atoms with Gasteiger partial charge >= 0.3 is 0 Å². The third-order valence-electron chi connectivity index (χ3n) is 4.50. The Labute approximate surface area is 134 Å². The highest BCUT2D eigenvalue weighted by molar-refractivity contribution is 5.57. The lowest BCUT2D eigenvalue weighted by atomic mass is 9.83. The van der Waals surface area contributed by atoms with Crippen LogP contribution in [0, 0.1) is 5.92 Å². The molecule has 0 saturated heterocycles. The molecule has 3 heteroatoms. The Morgan fingerprint density at radius 2 is 2.09 bits per heavy atom. The van der Waals surface area contributed by atoms with Crippen LogP contribution < -0.4 is 10.1 Å². The summed E-state index contributed by atoms with van der Waals surface area (Å²) >= 11 is 0. The maximum Gasteiger partial charge on any atom is 0.126 e. The number of para-hydroxylation sites is 1. The van der Waals surface area contributed by atoms with Crippen LogP contribution in [0.5, 0.6) is 5.75 Å². The van der Waals surface area contributed by atoms with Crippen molar-refractivity contribution in [1.82, 2.24) is 5.32 Å². The average Bonchev–Trinajstić information content (AvgIpc) is 2.56. The molecule has 1 aromatic rings. The second-order valence-electron chi connectivity index (χ2n) is 6.10. The predicted octanol–water partition coefficient (Wildman–Crippen LogP) is 3.63. The van der Waals surface area contributed by atoms with Crippen molar-refractivity contribution in [3.8, 4) is 5.75 Å². The zero-order valence-electron chi connectivity index (χ0n) is 13.6. The van der Waals surface area contributed by atoms with Crippen LogP contribution in [-0.2, 0) is 0 Å². The summed E-state index contributed by atoms with van der Waals surface area (Å²) in [6.07, 6.45) is 11.1. The summed E-state index contributed by atoms with van der Waals surface area (Å²) < 4.78 is 5.32. The van der Waals surface area contributed by atoms with Gasteiger partial charge in [-0.25, -0.2) is 0 Å². The second-order valence-corrected chi connectivity index (χ2v) is 6.10. The Hall–Kier alpha value is -1.32. The highest BCUT2D eigenvalue weighted by Gasteiger charge is 2.21. The quantitative estimate of drug-likeness (QED) is 0.721.